The summed E-state index contributed by atoms with van der Waals surface area (Å²) in [4.78, 5) is 51.3. The van der Waals surface area contributed by atoms with Crippen molar-refractivity contribution in [1.29, 1.82) is 0 Å². The molecular weight excluding hydrogens is 760 g/mol. The van der Waals surface area contributed by atoms with Crippen molar-refractivity contribution in [1.82, 2.24) is 0 Å². The maximum atomic E-state index is 14.8. The summed E-state index contributed by atoms with van der Waals surface area (Å²) in [5.74, 6) is -4.47. The Morgan fingerprint density at radius 3 is 1.88 bits per heavy atom. The van der Waals surface area contributed by atoms with Crippen molar-refractivity contribution >= 4 is 23.7 Å². The molecule has 326 valence electrons. The highest BCUT2D eigenvalue weighted by molar-refractivity contribution is 5.95. The zero-order valence-corrected chi connectivity index (χ0v) is 34.4. The lowest BCUT2D eigenvalue weighted by Crippen LogP contribution is -2.68. The first kappa shape index (κ1) is 43.5. The predicted octanol–water partition coefficient (Wildman–Crippen LogP) is 2.25. The molecule has 4 unspecified atom stereocenters. The standard InChI is InChI=1S/C42H62O16/c1-37(2)21-8-11-42(7)31(20(43)16-18-19-17-39(4,36(53)54)13-12-38(19,3)14-15-41(18,42)6)40(21,5)10-9-22(37)55-35-30(26(47)25(46)29(57-35)33(51)52)58-34-27(48)23(44)24(45)28(56-34)32(49)50/h16,19,21-31,34-35,44-48H,8-15,17H2,1-7H3,(H,49,50)(H,51,52)(H,53,54)/t19?,21?,22-,23+,24-,25-,26+,27+,28-,29-,30+,31?,34-,35+,38+,39+,40-,41?,42+/m0/s1. The van der Waals surface area contributed by atoms with E-state index in [2.05, 4.69) is 27.7 Å². The van der Waals surface area contributed by atoms with Crippen molar-refractivity contribution in [2.75, 3.05) is 0 Å². The number of ketones is 1. The number of fused-ring (bicyclic) bond motifs is 7. The van der Waals surface area contributed by atoms with Crippen LogP contribution < -0.4 is 0 Å². The topological polar surface area (TPSA) is 267 Å². The van der Waals surface area contributed by atoms with E-state index in [-0.39, 0.29) is 34.4 Å². The number of aliphatic hydroxyl groups is 5. The van der Waals surface area contributed by atoms with Crippen LogP contribution in [-0.4, -0.2) is 132 Å². The third-order valence-electron chi connectivity index (χ3n) is 17.2. The molecule has 0 radical (unpaired) electrons. The van der Waals surface area contributed by atoms with E-state index in [4.69, 9.17) is 18.9 Å². The highest BCUT2D eigenvalue weighted by Gasteiger charge is 2.71. The third-order valence-corrected chi connectivity index (χ3v) is 17.2. The molecule has 0 aromatic rings. The average Bonchev–Trinajstić information content (AvgIpc) is 3.13. The van der Waals surface area contributed by atoms with Gasteiger partial charge in [0.1, 0.15) is 36.6 Å². The van der Waals surface area contributed by atoms with E-state index in [1.807, 2.05) is 26.8 Å². The molecule has 5 aliphatic carbocycles. The molecule has 0 spiro atoms. The van der Waals surface area contributed by atoms with Crippen LogP contribution >= 0.6 is 0 Å². The second-order valence-electron chi connectivity index (χ2n) is 20.6. The van der Waals surface area contributed by atoms with Gasteiger partial charge >= 0.3 is 17.9 Å². The van der Waals surface area contributed by atoms with Gasteiger partial charge in [0, 0.05) is 5.92 Å². The minimum absolute atomic E-state index is 0.0217. The van der Waals surface area contributed by atoms with Crippen LogP contribution in [0.2, 0.25) is 0 Å². The molecule has 16 heteroatoms. The first-order valence-electron chi connectivity index (χ1n) is 20.7. The third kappa shape index (κ3) is 6.25. The van der Waals surface area contributed by atoms with Crippen molar-refractivity contribution < 1.29 is 79.0 Å². The van der Waals surface area contributed by atoms with Crippen molar-refractivity contribution in [3.8, 4) is 0 Å². The number of carbonyl (C=O) groups is 4. The van der Waals surface area contributed by atoms with Crippen LogP contribution in [0.1, 0.15) is 106 Å². The second-order valence-corrected chi connectivity index (χ2v) is 20.6. The highest BCUT2D eigenvalue weighted by Crippen LogP contribution is 2.75. The van der Waals surface area contributed by atoms with Gasteiger partial charge in [0.25, 0.3) is 0 Å². The van der Waals surface area contributed by atoms with Crippen molar-refractivity contribution in [3.05, 3.63) is 11.6 Å². The van der Waals surface area contributed by atoms with Gasteiger partial charge in [0.15, 0.2) is 30.6 Å². The first-order valence-corrected chi connectivity index (χ1v) is 20.7. The predicted molar refractivity (Wildman–Crippen MR) is 199 cm³/mol. The molecule has 16 nitrogen and oxygen atoms in total. The van der Waals surface area contributed by atoms with Crippen LogP contribution in [0.25, 0.3) is 0 Å². The molecule has 58 heavy (non-hydrogen) atoms. The molecule has 6 fully saturated rings. The number of hydrogen-bond acceptors (Lipinski definition) is 13. The van der Waals surface area contributed by atoms with Crippen LogP contribution in [0.3, 0.4) is 0 Å². The van der Waals surface area contributed by atoms with Gasteiger partial charge in [0.2, 0.25) is 0 Å². The first-order chi connectivity index (χ1) is 26.8. The van der Waals surface area contributed by atoms with Crippen LogP contribution in [0.5, 0.6) is 0 Å². The smallest absolute Gasteiger partial charge is 0.335 e. The largest absolute Gasteiger partial charge is 0.481 e. The summed E-state index contributed by atoms with van der Waals surface area (Å²) < 4.78 is 23.4. The number of aliphatic hydroxyl groups excluding tert-OH is 5. The minimum Gasteiger partial charge on any atom is -0.481 e. The van der Waals surface area contributed by atoms with Crippen molar-refractivity contribution in [2.24, 2.45) is 50.2 Å². The lowest BCUT2D eigenvalue weighted by atomic mass is 9.33. The molecule has 2 aliphatic heterocycles. The van der Waals surface area contributed by atoms with Crippen molar-refractivity contribution in [3.63, 3.8) is 0 Å². The maximum absolute atomic E-state index is 14.8. The van der Waals surface area contributed by atoms with Gasteiger partial charge in [0.05, 0.1) is 11.5 Å². The van der Waals surface area contributed by atoms with Crippen molar-refractivity contribution in [2.45, 2.75) is 174 Å². The Labute approximate surface area is 337 Å². The van der Waals surface area contributed by atoms with Gasteiger partial charge in [-0.3, -0.25) is 9.59 Å². The monoisotopic (exact) mass is 822 g/mol. The van der Waals surface area contributed by atoms with Gasteiger partial charge in [-0.25, -0.2) is 9.59 Å². The summed E-state index contributed by atoms with van der Waals surface area (Å²) in [7, 11) is 0. The molecule has 2 heterocycles. The van der Waals surface area contributed by atoms with E-state index in [1.165, 1.54) is 0 Å². The lowest BCUT2D eigenvalue weighted by Gasteiger charge is -2.70. The molecule has 0 bridgehead atoms. The molecule has 0 aromatic heterocycles. The fraction of sp³-hybridized carbons (Fsp3) is 0.857. The number of allylic oxidation sites excluding steroid dienone is 2. The quantitative estimate of drug-likeness (QED) is 0.171. The number of carboxylic acids is 3. The normalized spacial score (nSPS) is 52.6. The number of ether oxygens (including phenoxy) is 4. The van der Waals surface area contributed by atoms with Gasteiger partial charge in [-0.2, -0.15) is 0 Å². The maximum Gasteiger partial charge on any atom is 0.335 e. The summed E-state index contributed by atoms with van der Waals surface area (Å²) in [5.41, 5.74) is -1.81. The van der Waals surface area contributed by atoms with Crippen LogP contribution in [0.15, 0.2) is 11.6 Å². The number of hydrogen-bond donors (Lipinski definition) is 8. The van der Waals surface area contributed by atoms with E-state index < -0.39 is 107 Å². The fourth-order valence-corrected chi connectivity index (χ4v) is 13.4. The minimum atomic E-state index is -2.05. The Morgan fingerprint density at radius 2 is 1.28 bits per heavy atom. The lowest BCUT2D eigenvalue weighted by molar-refractivity contribution is -0.371. The van der Waals surface area contributed by atoms with E-state index in [9.17, 15) is 60.0 Å². The van der Waals surface area contributed by atoms with Crippen LogP contribution in [0, 0.1) is 50.2 Å². The van der Waals surface area contributed by atoms with Gasteiger partial charge in [-0.15, -0.1) is 0 Å². The Bertz CT molecular complexity index is 1730. The number of rotatable bonds is 7. The Morgan fingerprint density at radius 1 is 0.690 bits per heavy atom. The summed E-state index contributed by atoms with van der Waals surface area (Å²) in [5, 5.41) is 83.0. The van der Waals surface area contributed by atoms with E-state index in [1.54, 1.807) is 0 Å². The molecule has 4 saturated carbocycles. The molecule has 2 saturated heterocycles. The Balaban J connectivity index is 1.17. The summed E-state index contributed by atoms with van der Waals surface area (Å²) in [6.07, 6.45) is -12.2. The number of aliphatic carboxylic acids is 3. The number of carboxylic acid groups (broad SMARTS) is 3. The average molecular weight is 823 g/mol. The molecule has 8 N–H and O–H groups in total. The number of carbonyl (C=O) groups excluding carboxylic acids is 1. The second kappa shape index (κ2) is 14.3. The van der Waals surface area contributed by atoms with E-state index >= 15 is 0 Å². The molecule has 0 amide bonds. The van der Waals surface area contributed by atoms with Crippen LogP contribution in [-0.2, 0) is 38.1 Å². The zero-order valence-electron chi connectivity index (χ0n) is 34.4. The molecule has 0 aromatic carbocycles. The Kier molecular flexibility index (Phi) is 10.7. The summed E-state index contributed by atoms with van der Waals surface area (Å²) in [6, 6.07) is 0. The highest BCUT2D eigenvalue weighted by atomic mass is 16.8. The van der Waals surface area contributed by atoms with Gasteiger partial charge in [-0.1, -0.05) is 47.1 Å². The molecular formula is C42H62O16. The fourth-order valence-electron chi connectivity index (χ4n) is 13.4. The summed E-state index contributed by atoms with van der Waals surface area (Å²) >= 11 is 0. The van der Waals surface area contributed by atoms with Crippen LogP contribution in [0.4, 0.5) is 0 Å². The summed E-state index contributed by atoms with van der Waals surface area (Å²) in [6.45, 7) is 14.8. The van der Waals surface area contributed by atoms with Gasteiger partial charge < -0.3 is 59.8 Å². The molecule has 7 rings (SSSR count). The molecule has 7 aliphatic rings. The zero-order chi connectivity index (χ0) is 42.9. The van der Waals surface area contributed by atoms with Gasteiger partial charge in [-0.05, 0) is 110 Å². The SMILES string of the molecule is CC1(C)C2CC[C@]3(C)C(C(=O)C=C4C5C[C@](C)(C(=O)O)CC[C@]5(C)CCC43C)[C@@]2(C)CC[C@@H]1O[C@@H]1O[C@H](C(=O)O)[C@@H](O)[C@@H](O)[C@H]1O[C@@H]1O[C@H](C(=O)O)[C@@H](O)[C@@H](O)[C@H]1O. The molecule has 19 atom stereocenters. The Hall–Kier alpha value is -2.54. The van der Waals surface area contributed by atoms with E-state index in [0.29, 0.717) is 25.7 Å². The van der Waals surface area contributed by atoms with E-state index in [0.717, 1.165) is 37.7 Å².